The van der Waals surface area contributed by atoms with Gasteiger partial charge in [-0.05, 0) is 19.9 Å². The third-order valence-corrected chi connectivity index (χ3v) is 2.95. The van der Waals surface area contributed by atoms with Crippen LogP contribution in [0.3, 0.4) is 0 Å². The molecule has 4 heteroatoms. The number of aryl methyl sites for hydroxylation is 2. The molecule has 80 valence electrons. The minimum atomic E-state index is 0.682. The Morgan fingerprint density at radius 2 is 2.27 bits per heavy atom. The summed E-state index contributed by atoms with van der Waals surface area (Å²) < 4.78 is 4.98. The van der Waals surface area contributed by atoms with Gasteiger partial charge in [0.2, 0.25) is 0 Å². The third kappa shape index (κ3) is 3.22. The van der Waals surface area contributed by atoms with Crippen molar-refractivity contribution >= 4 is 11.8 Å². The van der Waals surface area contributed by atoms with Crippen LogP contribution >= 0.6 is 11.8 Å². The molecule has 0 fully saturated rings. The van der Waals surface area contributed by atoms with Crippen molar-refractivity contribution in [1.29, 1.82) is 5.26 Å². The van der Waals surface area contributed by atoms with Gasteiger partial charge in [-0.25, -0.2) is 0 Å². The quantitative estimate of drug-likeness (QED) is 0.579. The minimum Gasteiger partial charge on any atom is -0.384 e. The van der Waals surface area contributed by atoms with Gasteiger partial charge < -0.3 is 4.74 Å². The first kappa shape index (κ1) is 12.0. The van der Waals surface area contributed by atoms with Crippen LogP contribution in [-0.4, -0.2) is 24.5 Å². The van der Waals surface area contributed by atoms with E-state index >= 15 is 0 Å². The van der Waals surface area contributed by atoms with Gasteiger partial charge in [0.05, 0.1) is 17.9 Å². The topological polar surface area (TPSA) is 45.9 Å². The lowest BCUT2D eigenvalue weighted by molar-refractivity contribution is 0.218. The fourth-order valence-electron chi connectivity index (χ4n) is 1.28. The molecule has 1 aromatic rings. The van der Waals surface area contributed by atoms with Crippen LogP contribution in [0.1, 0.15) is 17.0 Å². The highest BCUT2D eigenvalue weighted by molar-refractivity contribution is 7.99. The largest absolute Gasteiger partial charge is 0.384 e. The minimum absolute atomic E-state index is 0.682. The molecule has 0 unspecified atom stereocenters. The zero-order chi connectivity index (χ0) is 11.3. The molecule has 0 bridgehead atoms. The second kappa shape index (κ2) is 5.74. The van der Waals surface area contributed by atoms with Gasteiger partial charge in [0.25, 0.3) is 0 Å². The van der Waals surface area contributed by atoms with Gasteiger partial charge in [0.1, 0.15) is 6.07 Å². The molecule has 0 aliphatic carbocycles. The molecule has 0 aliphatic heterocycles. The van der Waals surface area contributed by atoms with E-state index in [1.54, 1.807) is 18.9 Å². The Kier molecular flexibility index (Phi) is 4.60. The summed E-state index contributed by atoms with van der Waals surface area (Å²) in [6.45, 7) is 4.50. The van der Waals surface area contributed by atoms with Crippen LogP contribution in [0.2, 0.25) is 0 Å². The molecule has 15 heavy (non-hydrogen) atoms. The van der Waals surface area contributed by atoms with E-state index in [2.05, 4.69) is 11.1 Å². The first-order valence-corrected chi connectivity index (χ1v) is 5.67. The van der Waals surface area contributed by atoms with Crippen LogP contribution in [0.25, 0.3) is 0 Å². The van der Waals surface area contributed by atoms with Gasteiger partial charge in [-0.2, -0.15) is 5.26 Å². The van der Waals surface area contributed by atoms with E-state index < -0.39 is 0 Å². The molecule has 0 amide bonds. The van der Waals surface area contributed by atoms with Crippen LogP contribution in [0, 0.1) is 25.2 Å². The number of hydrogen-bond acceptors (Lipinski definition) is 4. The summed E-state index contributed by atoms with van der Waals surface area (Å²) in [6.07, 6.45) is 0. The smallest absolute Gasteiger partial charge is 0.102 e. The number of thioether (sulfide) groups is 1. The van der Waals surface area contributed by atoms with Crippen LogP contribution in [-0.2, 0) is 4.74 Å². The van der Waals surface area contributed by atoms with Crippen molar-refractivity contribution in [3.8, 4) is 6.07 Å². The lowest BCUT2D eigenvalue weighted by Crippen LogP contribution is -1.97. The predicted molar refractivity (Wildman–Crippen MR) is 61.0 cm³/mol. The molecule has 0 radical (unpaired) electrons. The molecule has 1 rings (SSSR count). The summed E-state index contributed by atoms with van der Waals surface area (Å²) in [5.41, 5.74) is 2.44. The van der Waals surface area contributed by atoms with Crippen molar-refractivity contribution in [3.63, 3.8) is 0 Å². The number of nitrogens with zero attached hydrogens (tertiary/aromatic N) is 2. The molecular formula is C11H14N2OS. The maximum Gasteiger partial charge on any atom is 0.102 e. The fourth-order valence-corrected chi connectivity index (χ4v) is 2.34. The summed E-state index contributed by atoms with van der Waals surface area (Å²) in [5.74, 6) is 0.855. The van der Waals surface area contributed by atoms with Gasteiger partial charge in [-0.15, -0.1) is 11.8 Å². The van der Waals surface area contributed by atoms with Gasteiger partial charge in [0.15, 0.2) is 0 Å². The number of methoxy groups -OCH3 is 1. The SMILES string of the molecule is COCCSc1cc(C)nc(C)c1C#N. The van der Waals surface area contributed by atoms with Gasteiger partial charge >= 0.3 is 0 Å². The van der Waals surface area contributed by atoms with E-state index in [1.165, 1.54) is 0 Å². The van der Waals surface area contributed by atoms with Crippen LogP contribution in [0.15, 0.2) is 11.0 Å². The van der Waals surface area contributed by atoms with Crippen LogP contribution in [0.5, 0.6) is 0 Å². The highest BCUT2D eigenvalue weighted by Crippen LogP contribution is 2.24. The van der Waals surface area contributed by atoms with Gasteiger partial charge in [-0.1, -0.05) is 0 Å². The lowest BCUT2D eigenvalue weighted by Gasteiger charge is -2.06. The number of rotatable bonds is 4. The zero-order valence-electron chi connectivity index (χ0n) is 9.20. The van der Waals surface area contributed by atoms with Gasteiger partial charge in [0, 0.05) is 23.5 Å². The summed E-state index contributed by atoms with van der Waals surface area (Å²) in [5, 5.41) is 9.01. The van der Waals surface area contributed by atoms with E-state index in [1.807, 2.05) is 19.9 Å². The number of aromatic nitrogens is 1. The Hall–Kier alpha value is -1.05. The second-order valence-electron chi connectivity index (χ2n) is 3.18. The monoisotopic (exact) mass is 222 g/mol. The molecule has 1 heterocycles. The number of pyridine rings is 1. The third-order valence-electron chi connectivity index (χ3n) is 1.95. The van der Waals surface area contributed by atoms with Gasteiger partial charge in [-0.3, -0.25) is 4.98 Å². The Morgan fingerprint density at radius 3 is 2.87 bits per heavy atom. The zero-order valence-corrected chi connectivity index (χ0v) is 10.0. The molecule has 0 aromatic carbocycles. The van der Waals surface area contributed by atoms with Crippen molar-refractivity contribution < 1.29 is 4.74 Å². The van der Waals surface area contributed by atoms with Crippen molar-refractivity contribution in [2.24, 2.45) is 0 Å². The van der Waals surface area contributed by atoms with E-state index in [4.69, 9.17) is 10.00 Å². The van der Waals surface area contributed by atoms with E-state index in [0.717, 1.165) is 22.0 Å². The standard InChI is InChI=1S/C11H14N2OS/c1-8-6-11(15-5-4-14-3)10(7-12)9(2)13-8/h6H,4-5H2,1-3H3. The summed E-state index contributed by atoms with van der Waals surface area (Å²) in [6, 6.07) is 4.14. The Bertz CT molecular complexity index is 385. The maximum absolute atomic E-state index is 9.01. The average Bonchev–Trinajstić information content (AvgIpc) is 2.17. The predicted octanol–water partition coefficient (Wildman–Crippen LogP) is 2.31. The van der Waals surface area contributed by atoms with Crippen LogP contribution in [0.4, 0.5) is 0 Å². The molecule has 3 nitrogen and oxygen atoms in total. The van der Waals surface area contributed by atoms with E-state index in [9.17, 15) is 0 Å². The molecule has 0 atom stereocenters. The molecule has 0 N–H and O–H groups in total. The summed E-state index contributed by atoms with van der Waals surface area (Å²) >= 11 is 1.64. The Balaban J connectivity index is 2.90. The molecule has 1 aromatic heterocycles. The molecule has 0 saturated heterocycles. The summed E-state index contributed by atoms with van der Waals surface area (Å²) in [4.78, 5) is 5.27. The first-order chi connectivity index (χ1) is 7.19. The van der Waals surface area contributed by atoms with Crippen molar-refractivity contribution in [2.45, 2.75) is 18.7 Å². The Labute approximate surface area is 94.5 Å². The first-order valence-electron chi connectivity index (χ1n) is 4.69. The number of nitriles is 1. The van der Waals surface area contributed by atoms with E-state index in [0.29, 0.717) is 12.2 Å². The highest BCUT2D eigenvalue weighted by atomic mass is 32.2. The fraction of sp³-hybridized carbons (Fsp3) is 0.455. The molecular weight excluding hydrogens is 208 g/mol. The molecule has 0 aliphatic rings. The van der Waals surface area contributed by atoms with Crippen molar-refractivity contribution in [1.82, 2.24) is 4.98 Å². The summed E-state index contributed by atoms with van der Waals surface area (Å²) in [7, 11) is 1.68. The van der Waals surface area contributed by atoms with Crippen LogP contribution < -0.4 is 0 Å². The number of ether oxygens (including phenoxy) is 1. The van der Waals surface area contributed by atoms with Crippen molar-refractivity contribution in [2.75, 3.05) is 19.5 Å². The Morgan fingerprint density at radius 1 is 1.53 bits per heavy atom. The average molecular weight is 222 g/mol. The molecule has 0 spiro atoms. The maximum atomic E-state index is 9.01. The highest BCUT2D eigenvalue weighted by Gasteiger charge is 2.07. The van der Waals surface area contributed by atoms with Crippen molar-refractivity contribution in [3.05, 3.63) is 23.0 Å². The second-order valence-corrected chi connectivity index (χ2v) is 4.31. The normalized spacial score (nSPS) is 10.0. The molecule has 0 saturated carbocycles. The lowest BCUT2D eigenvalue weighted by atomic mass is 10.2. The number of hydrogen-bond donors (Lipinski definition) is 0. The van der Waals surface area contributed by atoms with E-state index in [-0.39, 0.29) is 0 Å².